The van der Waals surface area contributed by atoms with Crippen LogP contribution in [0.2, 0.25) is 0 Å². The van der Waals surface area contributed by atoms with Crippen molar-refractivity contribution in [3.8, 4) is 0 Å². The van der Waals surface area contributed by atoms with E-state index in [-0.39, 0.29) is 36.2 Å². The average Bonchev–Trinajstić information content (AvgIpc) is 3.58. The number of nitrogens with zero attached hydrogens (tertiary/aromatic N) is 3. The topological polar surface area (TPSA) is 81.3 Å². The summed E-state index contributed by atoms with van der Waals surface area (Å²) in [5.74, 6) is 0.451. The Balaban J connectivity index is 1.43. The summed E-state index contributed by atoms with van der Waals surface area (Å²) in [7, 11) is 0. The highest BCUT2D eigenvalue weighted by molar-refractivity contribution is 5.75. The number of anilines is 1. The van der Waals surface area contributed by atoms with Crippen LogP contribution in [0.15, 0.2) is 35.3 Å². The number of halogens is 1. The summed E-state index contributed by atoms with van der Waals surface area (Å²) in [5, 5.41) is 2.92. The summed E-state index contributed by atoms with van der Waals surface area (Å²) in [5.41, 5.74) is 1.07. The number of aryl methyl sites for hydroxylation is 1. The first-order valence-electron chi connectivity index (χ1n) is 10.7. The van der Waals surface area contributed by atoms with E-state index in [0.29, 0.717) is 12.1 Å². The molecule has 0 radical (unpaired) electrons. The number of hydrogen-bond donors (Lipinski definition) is 2. The van der Waals surface area contributed by atoms with Crippen LogP contribution in [0, 0.1) is 5.82 Å². The smallest absolute Gasteiger partial charge is 0.346 e. The molecule has 2 amide bonds. The molecule has 8 heteroatoms. The molecule has 0 unspecified atom stereocenters. The van der Waals surface area contributed by atoms with Gasteiger partial charge in [-0.1, -0.05) is 19.1 Å². The predicted molar refractivity (Wildman–Crippen MR) is 113 cm³/mol. The van der Waals surface area contributed by atoms with Gasteiger partial charge in [0.05, 0.1) is 6.04 Å². The molecule has 1 saturated carbocycles. The molecular formula is C22H28FN5O2. The molecule has 1 atom stereocenters. The number of hydrogen-bond acceptors (Lipinski definition) is 4. The molecule has 160 valence electrons. The van der Waals surface area contributed by atoms with Crippen molar-refractivity contribution in [1.82, 2.24) is 20.2 Å². The Morgan fingerprint density at radius 3 is 2.83 bits per heavy atom. The molecule has 1 aliphatic heterocycles. The highest BCUT2D eigenvalue weighted by Crippen LogP contribution is 2.32. The standard InChI is InChI=1S/C22H28FN5O2/c1-2-15-5-6-16(19(23)12-15)13-25-22(30)28(17-7-8-17)18-4-3-11-27(14-18)20-9-10-24-21(29)26-20/h5-6,9-10,12,17-18H,2-4,7-8,11,13-14H2,1H3,(H,25,30)(H,24,26,29)/t18-/m1/s1. The molecule has 2 N–H and O–H groups in total. The second-order valence-corrected chi connectivity index (χ2v) is 8.08. The van der Waals surface area contributed by atoms with E-state index in [2.05, 4.69) is 20.2 Å². The second kappa shape index (κ2) is 8.85. The van der Waals surface area contributed by atoms with E-state index in [1.165, 1.54) is 12.3 Å². The zero-order chi connectivity index (χ0) is 21.1. The third-order valence-corrected chi connectivity index (χ3v) is 5.92. The number of amides is 2. The second-order valence-electron chi connectivity index (χ2n) is 8.08. The van der Waals surface area contributed by atoms with Crippen molar-refractivity contribution in [2.45, 2.75) is 57.7 Å². The summed E-state index contributed by atoms with van der Waals surface area (Å²) < 4.78 is 14.3. The van der Waals surface area contributed by atoms with Crippen LogP contribution in [0.5, 0.6) is 0 Å². The van der Waals surface area contributed by atoms with Crippen LogP contribution in [0.25, 0.3) is 0 Å². The van der Waals surface area contributed by atoms with Crippen molar-refractivity contribution in [2.24, 2.45) is 0 Å². The van der Waals surface area contributed by atoms with Gasteiger partial charge in [-0.05, 0) is 49.8 Å². The quantitative estimate of drug-likeness (QED) is 0.763. The number of nitrogens with one attached hydrogen (secondary N) is 2. The Morgan fingerprint density at radius 1 is 1.30 bits per heavy atom. The third-order valence-electron chi connectivity index (χ3n) is 5.92. The number of piperidine rings is 1. The maximum atomic E-state index is 14.3. The maximum Gasteiger partial charge on any atom is 0.346 e. The lowest BCUT2D eigenvalue weighted by atomic mass is 10.0. The molecule has 2 aliphatic rings. The Morgan fingerprint density at radius 2 is 2.13 bits per heavy atom. The zero-order valence-electron chi connectivity index (χ0n) is 17.2. The zero-order valence-corrected chi connectivity index (χ0v) is 17.2. The number of benzene rings is 1. The molecule has 1 saturated heterocycles. The predicted octanol–water partition coefficient (Wildman–Crippen LogP) is 2.81. The van der Waals surface area contributed by atoms with Crippen LogP contribution < -0.4 is 15.9 Å². The van der Waals surface area contributed by atoms with Crippen molar-refractivity contribution in [3.05, 3.63) is 57.9 Å². The van der Waals surface area contributed by atoms with E-state index in [1.54, 1.807) is 12.1 Å². The molecule has 1 aromatic carbocycles. The van der Waals surface area contributed by atoms with Gasteiger partial charge >= 0.3 is 11.7 Å². The van der Waals surface area contributed by atoms with Crippen LogP contribution >= 0.6 is 0 Å². The largest absolute Gasteiger partial charge is 0.356 e. The summed E-state index contributed by atoms with van der Waals surface area (Å²) >= 11 is 0. The molecule has 30 heavy (non-hydrogen) atoms. The van der Waals surface area contributed by atoms with E-state index in [9.17, 15) is 14.0 Å². The number of rotatable bonds is 6. The lowest BCUT2D eigenvalue weighted by Gasteiger charge is -2.40. The Hall–Kier alpha value is -2.90. The minimum absolute atomic E-state index is 0.0511. The molecule has 7 nitrogen and oxygen atoms in total. The fourth-order valence-corrected chi connectivity index (χ4v) is 4.14. The molecule has 2 aromatic rings. The summed E-state index contributed by atoms with van der Waals surface area (Å²) in [6.45, 7) is 3.64. The molecule has 1 aliphatic carbocycles. The van der Waals surface area contributed by atoms with Gasteiger partial charge in [0.15, 0.2) is 0 Å². The lowest BCUT2D eigenvalue weighted by Crippen LogP contribution is -2.54. The molecule has 0 bridgehead atoms. The Labute approximate surface area is 175 Å². The number of urea groups is 1. The van der Waals surface area contributed by atoms with Crippen LogP contribution in [0.1, 0.15) is 43.7 Å². The van der Waals surface area contributed by atoms with Crippen molar-refractivity contribution < 1.29 is 9.18 Å². The van der Waals surface area contributed by atoms with Gasteiger partial charge in [0.25, 0.3) is 0 Å². The van der Waals surface area contributed by atoms with Crippen molar-refractivity contribution in [3.63, 3.8) is 0 Å². The minimum Gasteiger partial charge on any atom is -0.356 e. The van der Waals surface area contributed by atoms with Crippen molar-refractivity contribution in [1.29, 1.82) is 0 Å². The average molecular weight is 413 g/mol. The third kappa shape index (κ3) is 4.63. The summed E-state index contributed by atoms with van der Waals surface area (Å²) in [6, 6.07) is 7.11. The van der Waals surface area contributed by atoms with Crippen LogP contribution in [-0.2, 0) is 13.0 Å². The first-order valence-corrected chi connectivity index (χ1v) is 10.7. The molecular weight excluding hydrogens is 385 g/mol. The van der Waals surface area contributed by atoms with Gasteiger partial charge in [0, 0.05) is 37.4 Å². The molecule has 2 fully saturated rings. The minimum atomic E-state index is -0.373. The first kappa shape index (κ1) is 20.4. The van der Waals surface area contributed by atoms with Crippen molar-refractivity contribution in [2.75, 3.05) is 18.0 Å². The van der Waals surface area contributed by atoms with E-state index in [4.69, 9.17) is 0 Å². The van der Waals surface area contributed by atoms with Gasteiger partial charge in [-0.3, -0.25) is 4.98 Å². The van der Waals surface area contributed by atoms with Gasteiger partial charge in [0.1, 0.15) is 11.6 Å². The van der Waals surface area contributed by atoms with Crippen LogP contribution in [0.4, 0.5) is 15.0 Å². The Bertz CT molecular complexity index is 959. The number of aromatic nitrogens is 2. The lowest BCUT2D eigenvalue weighted by molar-refractivity contribution is 0.160. The summed E-state index contributed by atoms with van der Waals surface area (Å²) in [4.78, 5) is 35.1. The number of H-pyrrole nitrogens is 1. The molecule has 2 heterocycles. The van der Waals surface area contributed by atoms with Crippen molar-refractivity contribution >= 4 is 11.8 Å². The monoisotopic (exact) mass is 413 g/mol. The fourth-order valence-electron chi connectivity index (χ4n) is 4.14. The normalized spacial score (nSPS) is 18.9. The number of carbonyl (C=O) groups is 1. The van der Waals surface area contributed by atoms with E-state index in [1.807, 2.05) is 17.9 Å². The SMILES string of the molecule is CCc1ccc(CNC(=O)N(C2CC2)[C@@H]2CCCN(c3ccnc(=O)[nH]3)C2)c(F)c1. The van der Waals surface area contributed by atoms with E-state index in [0.717, 1.165) is 50.0 Å². The summed E-state index contributed by atoms with van der Waals surface area (Å²) in [6.07, 6.45) is 6.11. The number of aromatic amines is 1. The van der Waals surface area contributed by atoms with Crippen LogP contribution in [0.3, 0.4) is 0 Å². The molecule has 0 spiro atoms. The van der Waals surface area contributed by atoms with Gasteiger partial charge in [-0.2, -0.15) is 0 Å². The first-order chi connectivity index (χ1) is 14.5. The van der Waals surface area contributed by atoms with E-state index >= 15 is 0 Å². The van der Waals surface area contributed by atoms with Gasteiger partial charge in [-0.25, -0.2) is 19.0 Å². The highest BCUT2D eigenvalue weighted by Gasteiger charge is 2.39. The highest BCUT2D eigenvalue weighted by atomic mass is 19.1. The number of carbonyl (C=O) groups excluding carboxylic acids is 1. The molecule has 1 aromatic heterocycles. The fraction of sp³-hybridized carbons (Fsp3) is 0.500. The Kier molecular flexibility index (Phi) is 6.01. The van der Waals surface area contributed by atoms with Gasteiger partial charge in [-0.15, -0.1) is 0 Å². The van der Waals surface area contributed by atoms with Crippen LogP contribution in [-0.4, -0.2) is 46.1 Å². The molecule has 4 rings (SSSR count). The van der Waals surface area contributed by atoms with Gasteiger partial charge < -0.3 is 15.1 Å². The van der Waals surface area contributed by atoms with Gasteiger partial charge in [0.2, 0.25) is 0 Å². The van der Waals surface area contributed by atoms with E-state index < -0.39 is 0 Å². The maximum absolute atomic E-state index is 14.3.